The van der Waals surface area contributed by atoms with Gasteiger partial charge in [0.25, 0.3) is 0 Å². The van der Waals surface area contributed by atoms with Crippen molar-refractivity contribution in [2.75, 3.05) is 33.5 Å². The van der Waals surface area contributed by atoms with Crippen molar-refractivity contribution in [3.8, 4) is 0 Å². The van der Waals surface area contributed by atoms with Gasteiger partial charge in [0, 0.05) is 7.11 Å². The quantitative estimate of drug-likeness (QED) is 0.421. The van der Waals surface area contributed by atoms with Crippen molar-refractivity contribution in [1.29, 1.82) is 0 Å². The average molecular weight is 176 g/mol. The molecule has 12 heavy (non-hydrogen) atoms. The molecule has 0 atom stereocenters. The summed E-state index contributed by atoms with van der Waals surface area (Å²) >= 11 is 0. The molecule has 0 saturated heterocycles. The Kier molecular flexibility index (Phi) is 8.05. The number of ether oxygens (including phenoxy) is 3. The van der Waals surface area contributed by atoms with Crippen molar-refractivity contribution in [2.45, 2.75) is 13.3 Å². The van der Waals surface area contributed by atoms with Gasteiger partial charge in [0.15, 0.2) is 0 Å². The van der Waals surface area contributed by atoms with Crippen LogP contribution in [0, 0.1) is 0 Å². The first-order valence-electron chi connectivity index (χ1n) is 4.03. The van der Waals surface area contributed by atoms with Crippen LogP contribution in [0.1, 0.15) is 13.3 Å². The van der Waals surface area contributed by atoms with Crippen molar-refractivity contribution in [1.82, 2.24) is 0 Å². The molecule has 0 aliphatic rings. The fourth-order valence-electron chi connectivity index (χ4n) is 0.555. The van der Waals surface area contributed by atoms with E-state index in [1.807, 2.05) is 6.92 Å². The summed E-state index contributed by atoms with van der Waals surface area (Å²) < 4.78 is 14.4. The van der Waals surface area contributed by atoms with Gasteiger partial charge in [-0.1, -0.05) is 6.92 Å². The monoisotopic (exact) mass is 176 g/mol. The van der Waals surface area contributed by atoms with Gasteiger partial charge < -0.3 is 14.2 Å². The van der Waals surface area contributed by atoms with Crippen LogP contribution in [0.4, 0.5) is 0 Å². The third-order valence-corrected chi connectivity index (χ3v) is 1.12. The maximum absolute atomic E-state index is 10.8. The zero-order valence-electron chi connectivity index (χ0n) is 7.67. The van der Waals surface area contributed by atoms with Crippen molar-refractivity contribution >= 4 is 5.97 Å². The molecular formula is C8H16O4. The van der Waals surface area contributed by atoms with Crippen molar-refractivity contribution in [3.63, 3.8) is 0 Å². The minimum Gasteiger partial charge on any atom is -0.464 e. The van der Waals surface area contributed by atoms with E-state index in [4.69, 9.17) is 14.2 Å². The first-order chi connectivity index (χ1) is 5.81. The third-order valence-electron chi connectivity index (χ3n) is 1.12. The molecule has 0 bridgehead atoms. The third kappa shape index (κ3) is 7.50. The second-order valence-corrected chi connectivity index (χ2v) is 2.27. The fraction of sp³-hybridized carbons (Fsp3) is 0.875. The number of esters is 1. The summed E-state index contributed by atoms with van der Waals surface area (Å²) in [4.78, 5) is 10.8. The van der Waals surface area contributed by atoms with E-state index in [1.165, 1.54) is 0 Å². The molecule has 4 nitrogen and oxygen atoms in total. The summed E-state index contributed by atoms with van der Waals surface area (Å²) in [6, 6.07) is 0. The smallest absolute Gasteiger partial charge is 0.332 e. The molecule has 0 aliphatic carbocycles. The Morgan fingerprint density at radius 3 is 2.58 bits per heavy atom. The number of carbonyl (C=O) groups excluding carboxylic acids is 1. The lowest BCUT2D eigenvalue weighted by Gasteiger charge is -2.03. The largest absolute Gasteiger partial charge is 0.464 e. The lowest BCUT2D eigenvalue weighted by molar-refractivity contribution is -0.149. The molecule has 0 heterocycles. The maximum atomic E-state index is 10.8. The van der Waals surface area contributed by atoms with Crippen LogP contribution in [0.3, 0.4) is 0 Å². The average Bonchev–Trinajstić information content (AvgIpc) is 2.09. The maximum Gasteiger partial charge on any atom is 0.332 e. The highest BCUT2D eigenvalue weighted by Gasteiger charge is 2.00. The molecule has 0 aromatic carbocycles. The van der Waals surface area contributed by atoms with E-state index < -0.39 is 0 Å². The molecule has 0 aromatic heterocycles. The van der Waals surface area contributed by atoms with Gasteiger partial charge in [-0.15, -0.1) is 0 Å². The Balaban J connectivity index is 3.08. The van der Waals surface area contributed by atoms with Gasteiger partial charge in [0.2, 0.25) is 0 Å². The zero-order chi connectivity index (χ0) is 9.23. The predicted molar refractivity (Wildman–Crippen MR) is 43.9 cm³/mol. The summed E-state index contributed by atoms with van der Waals surface area (Å²) in [5.41, 5.74) is 0. The first-order valence-corrected chi connectivity index (χ1v) is 4.03. The highest BCUT2D eigenvalue weighted by molar-refractivity contribution is 5.70. The number of methoxy groups -OCH3 is 1. The highest BCUT2D eigenvalue weighted by atomic mass is 16.6. The lowest BCUT2D eigenvalue weighted by Crippen LogP contribution is -2.15. The van der Waals surface area contributed by atoms with E-state index >= 15 is 0 Å². The van der Waals surface area contributed by atoms with Gasteiger partial charge >= 0.3 is 5.97 Å². The lowest BCUT2D eigenvalue weighted by atomic mass is 10.5. The minimum absolute atomic E-state index is 0.0172. The molecule has 0 spiro atoms. The summed E-state index contributed by atoms with van der Waals surface area (Å²) in [7, 11) is 1.58. The predicted octanol–water partition coefficient (Wildman–Crippen LogP) is 0.603. The Morgan fingerprint density at radius 2 is 2.00 bits per heavy atom. The molecule has 4 heteroatoms. The number of carbonyl (C=O) groups is 1. The number of hydrogen-bond donors (Lipinski definition) is 0. The van der Waals surface area contributed by atoms with Crippen molar-refractivity contribution in [3.05, 3.63) is 0 Å². The van der Waals surface area contributed by atoms with E-state index in [9.17, 15) is 4.79 Å². The van der Waals surface area contributed by atoms with E-state index in [1.54, 1.807) is 7.11 Å². The van der Waals surface area contributed by atoms with Crippen LogP contribution in [0.15, 0.2) is 0 Å². The van der Waals surface area contributed by atoms with E-state index in [0.717, 1.165) is 6.42 Å². The van der Waals surface area contributed by atoms with Gasteiger partial charge in [-0.2, -0.15) is 0 Å². The van der Waals surface area contributed by atoms with Gasteiger partial charge in [-0.05, 0) is 6.42 Å². The van der Waals surface area contributed by atoms with E-state index in [-0.39, 0.29) is 12.6 Å². The fourth-order valence-corrected chi connectivity index (χ4v) is 0.555. The summed E-state index contributed by atoms with van der Waals surface area (Å²) in [5.74, 6) is -0.312. The summed E-state index contributed by atoms with van der Waals surface area (Å²) in [6.45, 7) is 3.35. The molecule has 0 radical (unpaired) electrons. The Morgan fingerprint density at radius 1 is 1.25 bits per heavy atom. The normalized spacial score (nSPS) is 9.83. The van der Waals surface area contributed by atoms with E-state index in [0.29, 0.717) is 19.8 Å². The van der Waals surface area contributed by atoms with Gasteiger partial charge in [0.1, 0.15) is 6.61 Å². The first kappa shape index (κ1) is 11.4. The molecule has 0 saturated carbocycles. The van der Waals surface area contributed by atoms with E-state index in [2.05, 4.69) is 0 Å². The number of hydrogen-bond acceptors (Lipinski definition) is 4. The van der Waals surface area contributed by atoms with Crippen LogP contribution in [-0.2, 0) is 19.0 Å². The highest BCUT2D eigenvalue weighted by Crippen LogP contribution is 1.84. The van der Waals surface area contributed by atoms with Crippen LogP contribution in [0.5, 0.6) is 0 Å². The summed E-state index contributed by atoms with van der Waals surface area (Å²) in [6.07, 6.45) is 0.837. The topological polar surface area (TPSA) is 44.8 Å². The van der Waals surface area contributed by atoms with Gasteiger partial charge in [-0.25, -0.2) is 4.79 Å². The van der Waals surface area contributed by atoms with Gasteiger partial charge in [-0.3, -0.25) is 0 Å². The van der Waals surface area contributed by atoms with Crippen LogP contribution >= 0.6 is 0 Å². The SMILES string of the molecule is CCCOC(=O)COCCOC. The zero-order valence-corrected chi connectivity index (χ0v) is 7.67. The molecular weight excluding hydrogens is 160 g/mol. The molecule has 0 rings (SSSR count). The number of rotatable bonds is 7. The molecule has 0 unspecified atom stereocenters. The van der Waals surface area contributed by atoms with Gasteiger partial charge in [0.05, 0.1) is 19.8 Å². The molecule has 0 aromatic rings. The standard InChI is InChI=1S/C8H16O4/c1-3-4-12-8(9)7-11-6-5-10-2/h3-7H2,1-2H3. The Bertz CT molecular complexity index is 114. The second-order valence-electron chi connectivity index (χ2n) is 2.27. The van der Waals surface area contributed by atoms with Crippen LogP contribution in [-0.4, -0.2) is 39.5 Å². The molecule has 0 amide bonds. The summed E-state index contributed by atoms with van der Waals surface area (Å²) in [5, 5.41) is 0. The van der Waals surface area contributed by atoms with Crippen molar-refractivity contribution < 1.29 is 19.0 Å². The molecule has 0 fully saturated rings. The van der Waals surface area contributed by atoms with Crippen LogP contribution in [0.2, 0.25) is 0 Å². The van der Waals surface area contributed by atoms with Crippen molar-refractivity contribution in [2.24, 2.45) is 0 Å². The van der Waals surface area contributed by atoms with Crippen LogP contribution < -0.4 is 0 Å². The van der Waals surface area contributed by atoms with Crippen LogP contribution in [0.25, 0.3) is 0 Å². The Hall–Kier alpha value is -0.610. The molecule has 0 aliphatic heterocycles. The molecule has 72 valence electrons. The Labute approximate surface area is 72.8 Å². The molecule has 0 N–H and O–H groups in total. The second kappa shape index (κ2) is 8.49. The minimum atomic E-state index is -0.312.